The van der Waals surface area contributed by atoms with Gasteiger partial charge in [0, 0.05) is 15.5 Å². The van der Waals surface area contributed by atoms with E-state index >= 15 is 0 Å². The summed E-state index contributed by atoms with van der Waals surface area (Å²) in [6, 6.07) is 3.70. The van der Waals surface area contributed by atoms with Crippen molar-refractivity contribution < 1.29 is 9.53 Å². The summed E-state index contributed by atoms with van der Waals surface area (Å²) in [6.45, 7) is 5.76. The fraction of sp³-hybridized carbons (Fsp3) is 0.417. The van der Waals surface area contributed by atoms with Crippen LogP contribution < -0.4 is 11.1 Å². The zero-order valence-electron chi connectivity index (χ0n) is 10.5. The van der Waals surface area contributed by atoms with Crippen molar-refractivity contribution in [1.29, 1.82) is 0 Å². The normalized spacial score (nSPS) is 11.2. The Balaban J connectivity index is 2.94. The van der Waals surface area contributed by atoms with Crippen LogP contribution in [0, 0.1) is 0 Å². The molecule has 1 aromatic rings. The number of carbonyl (C=O) groups is 1. The Labute approximate surface area is 124 Å². The average molecular weight is 380 g/mol. The molecule has 0 saturated carbocycles. The molecule has 0 saturated heterocycles. The van der Waals surface area contributed by atoms with Gasteiger partial charge in [-0.25, -0.2) is 4.79 Å². The third kappa shape index (κ3) is 4.59. The Bertz CT molecular complexity index is 456. The van der Waals surface area contributed by atoms with Crippen molar-refractivity contribution in [1.82, 2.24) is 0 Å². The predicted octanol–water partition coefficient (Wildman–Crippen LogP) is 4.02. The van der Waals surface area contributed by atoms with E-state index in [0.29, 0.717) is 12.2 Å². The van der Waals surface area contributed by atoms with Crippen LogP contribution in [-0.2, 0) is 11.3 Å². The maximum absolute atomic E-state index is 11.7. The van der Waals surface area contributed by atoms with Gasteiger partial charge in [-0.3, -0.25) is 5.32 Å². The van der Waals surface area contributed by atoms with E-state index in [2.05, 4.69) is 37.2 Å². The van der Waals surface area contributed by atoms with E-state index in [1.54, 1.807) is 0 Å². The van der Waals surface area contributed by atoms with Crippen molar-refractivity contribution in [2.75, 3.05) is 5.32 Å². The summed E-state index contributed by atoms with van der Waals surface area (Å²) in [5, 5.41) is 2.70. The highest BCUT2D eigenvalue weighted by Crippen LogP contribution is 2.31. The predicted molar refractivity (Wildman–Crippen MR) is 79.6 cm³/mol. The molecule has 3 N–H and O–H groups in total. The zero-order valence-corrected chi connectivity index (χ0v) is 13.7. The number of nitrogens with one attached hydrogen (secondary N) is 1. The van der Waals surface area contributed by atoms with Gasteiger partial charge in [-0.2, -0.15) is 0 Å². The minimum Gasteiger partial charge on any atom is -0.444 e. The average Bonchev–Trinajstić information content (AvgIpc) is 2.18. The highest BCUT2D eigenvalue weighted by Gasteiger charge is 2.18. The number of amides is 1. The summed E-state index contributed by atoms with van der Waals surface area (Å²) < 4.78 is 6.85. The van der Waals surface area contributed by atoms with Crippen LogP contribution in [0.15, 0.2) is 21.1 Å². The van der Waals surface area contributed by atoms with Gasteiger partial charge in [0.05, 0.1) is 5.69 Å². The molecule has 1 rings (SSSR count). The molecule has 0 aliphatic rings. The quantitative estimate of drug-likeness (QED) is 0.815. The molecular weight excluding hydrogens is 364 g/mol. The smallest absolute Gasteiger partial charge is 0.412 e. The summed E-state index contributed by atoms with van der Waals surface area (Å²) in [4.78, 5) is 11.7. The minimum absolute atomic E-state index is 0.323. The fourth-order valence-electron chi connectivity index (χ4n) is 1.33. The lowest BCUT2D eigenvalue weighted by Gasteiger charge is -2.21. The maximum atomic E-state index is 11.7. The van der Waals surface area contributed by atoms with Crippen LogP contribution in [0.25, 0.3) is 0 Å². The van der Waals surface area contributed by atoms with Gasteiger partial charge in [0.15, 0.2) is 0 Å². The summed E-state index contributed by atoms with van der Waals surface area (Å²) in [5.41, 5.74) is 6.58. The molecule has 0 radical (unpaired) electrons. The number of rotatable bonds is 2. The first-order valence-electron chi connectivity index (χ1n) is 5.41. The van der Waals surface area contributed by atoms with Crippen molar-refractivity contribution >= 4 is 43.6 Å². The summed E-state index contributed by atoms with van der Waals surface area (Å²) in [7, 11) is 0. The Kier molecular flexibility index (Phi) is 5.19. The molecule has 0 aliphatic carbocycles. The van der Waals surface area contributed by atoms with E-state index in [1.165, 1.54) is 0 Å². The monoisotopic (exact) mass is 378 g/mol. The molecule has 1 amide bonds. The molecule has 0 spiro atoms. The number of benzene rings is 1. The van der Waals surface area contributed by atoms with Gasteiger partial charge >= 0.3 is 6.09 Å². The second kappa shape index (κ2) is 6.04. The van der Waals surface area contributed by atoms with E-state index in [4.69, 9.17) is 10.5 Å². The van der Waals surface area contributed by atoms with E-state index in [-0.39, 0.29) is 0 Å². The number of carbonyl (C=O) groups excluding carboxylic acids is 1. The molecule has 100 valence electrons. The summed E-state index contributed by atoms with van der Waals surface area (Å²) in [5.74, 6) is 0. The second-order valence-corrected chi connectivity index (χ2v) is 6.52. The molecule has 0 heterocycles. The van der Waals surface area contributed by atoms with Gasteiger partial charge in [-0.15, -0.1) is 0 Å². The van der Waals surface area contributed by atoms with Gasteiger partial charge in [0.25, 0.3) is 0 Å². The molecule has 4 nitrogen and oxygen atoms in total. The summed E-state index contributed by atoms with van der Waals surface area (Å²) >= 11 is 6.76. The highest BCUT2D eigenvalue weighted by atomic mass is 79.9. The number of hydrogen-bond donors (Lipinski definition) is 2. The van der Waals surface area contributed by atoms with Crippen LogP contribution in [0.4, 0.5) is 10.5 Å². The molecule has 6 heteroatoms. The maximum Gasteiger partial charge on any atom is 0.412 e. The standard InChI is InChI=1S/C12H16Br2N2O2/c1-12(2,3)18-11(17)16-10-7(6-15)4-8(13)5-9(10)14/h4-5H,6,15H2,1-3H3,(H,16,17). The van der Waals surface area contributed by atoms with Crippen molar-refractivity contribution in [3.05, 3.63) is 26.6 Å². The van der Waals surface area contributed by atoms with Crippen LogP contribution >= 0.6 is 31.9 Å². The lowest BCUT2D eigenvalue weighted by atomic mass is 10.2. The second-order valence-electron chi connectivity index (χ2n) is 4.75. The van der Waals surface area contributed by atoms with Gasteiger partial charge in [0.2, 0.25) is 0 Å². The molecule has 0 atom stereocenters. The lowest BCUT2D eigenvalue weighted by Crippen LogP contribution is -2.27. The highest BCUT2D eigenvalue weighted by molar-refractivity contribution is 9.11. The Hall–Kier alpha value is -0.590. The molecule has 0 aliphatic heterocycles. The first-order chi connectivity index (χ1) is 8.23. The van der Waals surface area contributed by atoms with Crippen molar-refractivity contribution in [3.8, 4) is 0 Å². The van der Waals surface area contributed by atoms with Crippen LogP contribution in [0.5, 0.6) is 0 Å². The minimum atomic E-state index is -0.533. The Morgan fingerprint density at radius 1 is 1.39 bits per heavy atom. The van der Waals surface area contributed by atoms with Gasteiger partial charge in [0.1, 0.15) is 5.60 Å². The largest absolute Gasteiger partial charge is 0.444 e. The number of nitrogens with two attached hydrogens (primary N) is 1. The van der Waals surface area contributed by atoms with E-state index in [1.807, 2.05) is 32.9 Å². The van der Waals surface area contributed by atoms with Crippen LogP contribution in [0.1, 0.15) is 26.3 Å². The van der Waals surface area contributed by atoms with Crippen LogP contribution in [0.2, 0.25) is 0 Å². The van der Waals surface area contributed by atoms with Gasteiger partial charge in [-0.05, 0) is 54.4 Å². The molecule has 0 aromatic heterocycles. The SMILES string of the molecule is CC(C)(C)OC(=O)Nc1c(Br)cc(Br)cc1CN. The molecule has 18 heavy (non-hydrogen) atoms. The van der Waals surface area contributed by atoms with Crippen molar-refractivity contribution in [2.24, 2.45) is 5.73 Å². The van der Waals surface area contributed by atoms with E-state index < -0.39 is 11.7 Å². The van der Waals surface area contributed by atoms with Crippen molar-refractivity contribution in [3.63, 3.8) is 0 Å². The third-order valence-electron chi connectivity index (χ3n) is 1.98. The number of hydrogen-bond acceptors (Lipinski definition) is 3. The Morgan fingerprint density at radius 2 is 2.00 bits per heavy atom. The molecular formula is C12H16Br2N2O2. The van der Waals surface area contributed by atoms with E-state index in [9.17, 15) is 4.79 Å². The van der Waals surface area contributed by atoms with E-state index in [0.717, 1.165) is 14.5 Å². The number of anilines is 1. The molecule has 1 aromatic carbocycles. The first-order valence-corrected chi connectivity index (χ1v) is 6.99. The molecule has 0 unspecified atom stereocenters. The summed E-state index contributed by atoms with van der Waals surface area (Å²) in [6.07, 6.45) is -0.500. The third-order valence-corrected chi connectivity index (χ3v) is 3.07. The Morgan fingerprint density at radius 3 is 2.50 bits per heavy atom. The van der Waals surface area contributed by atoms with Crippen molar-refractivity contribution in [2.45, 2.75) is 32.9 Å². The van der Waals surface area contributed by atoms with Crippen LogP contribution in [-0.4, -0.2) is 11.7 Å². The fourth-order valence-corrected chi connectivity index (χ4v) is 2.75. The van der Waals surface area contributed by atoms with Gasteiger partial charge < -0.3 is 10.5 Å². The molecule has 0 bridgehead atoms. The topological polar surface area (TPSA) is 64.3 Å². The number of halogens is 2. The first kappa shape index (κ1) is 15.5. The van der Waals surface area contributed by atoms with Crippen LogP contribution in [0.3, 0.4) is 0 Å². The number of ether oxygens (including phenoxy) is 1. The zero-order chi connectivity index (χ0) is 13.9. The molecule has 0 fully saturated rings. The van der Waals surface area contributed by atoms with Gasteiger partial charge in [-0.1, -0.05) is 15.9 Å². The lowest BCUT2D eigenvalue weighted by molar-refractivity contribution is 0.0635.